The van der Waals surface area contributed by atoms with Gasteiger partial charge < -0.3 is 11.1 Å². The van der Waals surface area contributed by atoms with Gasteiger partial charge in [0.25, 0.3) is 0 Å². The molecule has 14 heavy (non-hydrogen) atoms. The maximum absolute atomic E-state index is 10.8. The van der Waals surface area contributed by atoms with Crippen molar-refractivity contribution >= 4 is 24.0 Å². The van der Waals surface area contributed by atoms with Crippen molar-refractivity contribution in [1.29, 1.82) is 0 Å². The molecule has 0 saturated heterocycles. The van der Waals surface area contributed by atoms with Gasteiger partial charge in [0.2, 0.25) is 5.91 Å². The van der Waals surface area contributed by atoms with Crippen LogP contribution in [0, 0.1) is 0 Å². The molecule has 3 N–H and O–H groups in total. The Morgan fingerprint density at radius 1 is 1.71 bits per heavy atom. The molecule has 1 rings (SSSR count). The molecular formula is C8H15ClN4O. The summed E-state index contributed by atoms with van der Waals surface area (Å²) in [6.45, 7) is 0.727. The number of carbonyl (C=O) groups is 1. The van der Waals surface area contributed by atoms with Crippen molar-refractivity contribution in [3.8, 4) is 0 Å². The monoisotopic (exact) mass is 218 g/mol. The second kappa shape index (κ2) is 6.26. The number of halogens is 1. The molecule has 5 nitrogen and oxygen atoms in total. The fourth-order valence-corrected chi connectivity index (χ4v) is 1.03. The van der Waals surface area contributed by atoms with E-state index in [-0.39, 0.29) is 18.3 Å². The number of amides is 1. The number of rotatable bonds is 4. The van der Waals surface area contributed by atoms with Gasteiger partial charge in [-0.15, -0.1) is 12.4 Å². The van der Waals surface area contributed by atoms with E-state index >= 15 is 0 Å². The first-order valence-electron chi connectivity index (χ1n) is 4.21. The van der Waals surface area contributed by atoms with E-state index < -0.39 is 0 Å². The summed E-state index contributed by atoms with van der Waals surface area (Å²) in [7, 11) is 1.63. The van der Waals surface area contributed by atoms with Gasteiger partial charge in [0.1, 0.15) is 0 Å². The lowest BCUT2D eigenvalue weighted by Gasteiger charge is -2.00. The number of hydrogen-bond acceptors (Lipinski definition) is 3. The Labute approximate surface area is 89.1 Å². The lowest BCUT2D eigenvalue weighted by Crippen LogP contribution is -2.17. The average molecular weight is 219 g/mol. The van der Waals surface area contributed by atoms with Crippen LogP contribution in [0.25, 0.3) is 0 Å². The maximum atomic E-state index is 10.8. The lowest BCUT2D eigenvalue weighted by atomic mass is 10.3. The van der Waals surface area contributed by atoms with Crippen LogP contribution in [0.5, 0.6) is 0 Å². The van der Waals surface area contributed by atoms with E-state index in [0.717, 1.165) is 13.0 Å². The standard InChI is InChI=1S/C8H14N4O.ClH/c1-10-8(13)3-2-4-12-6-7(9)5-11-12;/h5-6H,2-4,9H2,1H3,(H,10,13);1H. The second-order valence-corrected chi connectivity index (χ2v) is 2.81. The van der Waals surface area contributed by atoms with Crippen molar-refractivity contribution in [3.05, 3.63) is 12.4 Å². The first kappa shape index (κ1) is 12.8. The SMILES string of the molecule is CNC(=O)CCCn1cc(N)cn1.Cl. The molecule has 1 aromatic rings. The molecule has 80 valence electrons. The Morgan fingerprint density at radius 3 is 2.93 bits per heavy atom. The molecule has 0 aromatic carbocycles. The number of aryl methyl sites for hydroxylation is 1. The van der Waals surface area contributed by atoms with E-state index in [0.29, 0.717) is 12.1 Å². The largest absolute Gasteiger partial charge is 0.396 e. The highest BCUT2D eigenvalue weighted by Crippen LogP contribution is 2.00. The molecule has 1 amide bonds. The summed E-state index contributed by atoms with van der Waals surface area (Å²) in [5, 5.41) is 6.56. The van der Waals surface area contributed by atoms with Crippen LogP contribution in [0.2, 0.25) is 0 Å². The number of hydrogen-bond donors (Lipinski definition) is 2. The van der Waals surface area contributed by atoms with Gasteiger partial charge >= 0.3 is 0 Å². The van der Waals surface area contributed by atoms with Crippen LogP contribution in [0.4, 0.5) is 5.69 Å². The van der Waals surface area contributed by atoms with Gasteiger partial charge in [0.05, 0.1) is 11.9 Å². The zero-order valence-electron chi connectivity index (χ0n) is 8.06. The van der Waals surface area contributed by atoms with Crippen LogP contribution in [0.3, 0.4) is 0 Å². The van der Waals surface area contributed by atoms with Crippen molar-refractivity contribution in [1.82, 2.24) is 15.1 Å². The quantitative estimate of drug-likeness (QED) is 0.769. The van der Waals surface area contributed by atoms with Crippen LogP contribution < -0.4 is 11.1 Å². The van der Waals surface area contributed by atoms with Crippen molar-refractivity contribution in [2.75, 3.05) is 12.8 Å². The molecule has 0 fully saturated rings. The molecule has 0 radical (unpaired) electrons. The summed E-state index contributed by atoms with van der Waals surface area (Å²) in [4.78, 5) is 10.8. The summed E-state index contributed by atoms with van der Waals surface area (Å²) in [5.41, 5.74) is 6.13. The number of nitrogens with zero attached hydrogens (tertiary/aromatic N) is 2. The van der Waals surface area contributed by atoms with E-state index in [1.165, 1.54) is 0 Å². The molecule has 0 aliphatic carbocycles. The summed E-state index contributed by atoms with van der Waals surface area (Å²) in [5.74, 6) is 0.0557. The number of nitrogens with two attached hydrogens (primary N) is 1. The Balaban J connectivity index is 0.00000169. The number of carbonyl (C=O) groups excluding carboxylic acids is 1. The van der Waals surface area contributed by atoms with Crippen molar-refractivity contribution < 1.29 is 4.79 Å². The van der Waals surface area contributed by atoms with Gasteiger partial charge in [0.15, 0.2) is 0 Å². The minimum absolute atomic E-state index is 0. The van der Waals surface area contributed by atoms with Gasteiger partial charge in [-0.1, -0.05) is 0 Å². The predicted octanol–water partition coefficient (Wildman–Crippen LogP) is 0.413. The number of anilines is 1. The Hall–Kier alpha value is -1.23. The molecule has 0 saturated carbocycles. The normalized spacial score (nSPS) is 9.21. The molecule has 6 heteroatoms. The van der Waals surface area contributed by atoms with E-state index in [9.17, 15) is 4.79 Å². The second-order valence-electron chi connectivity index (χ2n) is 2.81. The van der Waals surface area contributed by atoms with Gasteiger partial charge in [-0.3, -0.25) is 9.48 Å². The lowest BCUT2D eigenvalue weighted by molar-refractivity contribution is -0.120. The zero-order valence-corrected chi connectivity index (χ0v) is 8.88. The highest BCUT2D eigenvalue weighted by Gasteiger charge is 1.98. The number of nitrogen functional groups attached to an aromatic ring is 1. The first-order valence-corrected chi connectivity index (χ1v) is 4.21. The first-order chi connectivity index (χ1) is 6.22. The minimum Gasteiger partial charge on any atom is -0.396 e. The molecular weight excluding hydrogens is 204 g/mol. The molecule has 0 aliphatic heterocycles. The molecule has 0 atom stereocenters. The zero-order chi connectivity index (χ0) is 9.68. The van der Waals surface area contributed by atoms with Crippen molar-refractivity contribution in [2.24, 2.45) is 0 Å². The van der Waals surface area contributed by atoms with Gasteiger partial charge in [0, 0.05) is 26.2 Å². The van der Waals surface area contributed by atoms with Crippen LogP contribution >= 0.6 is 12.4 Å². The third-order valence-corrected chi connectivity index (χ3v) is 1.72. The van der Waals surface area contributed by atoms with E-state index in [2.05, 4.69) is 10.4 Å². The van der Waals surface area contributed by atoms with Gasteiger partial charge in [-0.25, -0.2) is 0 Å². The van der Waals surface area contributed by atoms with Crippen molar-refractivity contribution in [2.45, 2.75) is 19.4 Å². The molecule has 0 spiro atoms. The minimum atomic E-state index is 0. The van der Waals surface area contributed by atoms with E-state index in [1.54, 1.807) is 24.1 Å². The predicted molar refractivity (Wildman–Crippen MR) is 57.2 cm³/mol. The summed E-state index contributed by atoms with van der Waals surface area (Å²) >= 11 is 0. The van der Waals surface area contributed by atoms with E-state index in [1.807, 2.05) is 0 Å². The summed E-state index contributed by atoms with van der Waals surface area (Å²) < 4.78 is 1.73. The van der Waals surface area contributed by atoms with Crippen molar-refractivity contribution in [3.63, 3.8) is 0 Å². The van der Waals surface area contributed by atoms with Crippen LogP contribution in [0.1, 0.15) is 12.8 Å². The third-order valence-electron chi connectivity index (χ3n) is 1.72. The molecule has 0 aliphatic rings. The topological polar surface area (TPSA) is 72.9 Å². The molecule has 0 bridgehead atoms. The van der Waals surface area contributed by atoms with Gasteiger partial charge in [-0.2, -0.15) is 5.10 Å². The fourth-order valence-electron chi connectivity index (χ4n) is 1.03. The van der Waals surface area contributed by atoms with E-state index in [4.69, 9.17) is 5.73 Å². The fraction of sp³-hybridized carbons (Fsp3) is 0.500. The maximum Gasteiger partial charge on any atom is 0.219 e. The summed E-state index contributed by atoms with van der Waals surface area (Å²) in [6, 6.07) is 0. The molecule has 0 unspecified atom stereocenters. The van der Waals surface area contributed by atoms with Gasteiger partial charge in [-0.05, 0) is 6.42 Å². The van der Waals surface area contributed by atoms with Crippen LogP contribution in [-0.4, -0.2) is 22.7 Å². The highest BCUT2D eigenvalue weighted by atomic mass is 35.5. The average Bonchev–Trinajstić information content (AvgIpc) is 2.51. The third kappa shape index (κ3) is 4.13. The van der Waals surface area contributed by atoms with Crippen LogP contribution in [-0.2, 0) is 11.3 Å². The Morgan fingerprint density at radius 2 is 2.43 bits per heavy atom. The highest BCUT2D eigenvalue weighted by molar-refractivity contribution is 5.85. The number of aromatic nitrogens is 2. The Bertz CT molecular complexity index is 287. The summed E-state index contributed by atoms with van der Waals surface area (Å²) in [6.07, 6.45) is 4.65. The number of nitrogens with one attached hydrogen (secondary N) is 1. The molecule has 1 aromatic heterocycles. The molecule has 1 heterocycles. The van der Waals surface area contributed by atoms with Crippen LogP contribution in [0.15, 0.2) is 12.4 Å². The smallest absolute Gasteiger partial charge is 0.219 e. The Kier molecular flexibility index (Phi) is 5.71.